The number of anilines is 1. The summed E-state index contributed by atoms with van der Waals surface area (Å²) in [4.78, 5) is 10.3. The van der Waals surface area contributed by atoms with E-state index in [0.717, 1.165) is 6.54 Å². The van der Waals surface area contributed by atoms with E-state index in [9.17, 15) is 4.79 Å². The lowest BCUT2D eigenvalue weighted by molar-refractivity contribution is 0.0697. The molecule has 0 heterocycles. The summed E-state index contributed by atoms with van der Waals surface area (Å²) in [6, 6.07) is 6.06. The number of nitrogens with two attached hydrogens (primary N) is 1. The number of benzene rings is 1. The van der Waals surface area contributed by atoms with Gasteiger partial charge in [0, 0.05) is 11.2 Å². The van der Waals surface area contributed by atoms with E-state index >= 15 is 0 Å². The Morgan fingerprint density at radius 2 is 1.71 bits per heavy atom. The molecule has 0 radical (unpaired) electrons. The van der Waals surface area contributed by atoms with E-state index in [1.807, 2.05) is 0 Å². The first kappa shape index (κ1) is 22.0. The van der Waals surface area contributed by atoms with Gasteiger partial charge in [-0.25, -0.2) is 4.79 Å². The van der Waals surface area contributed by atoms with Gasteiger partial charge in [-0.3, -0.25) is 0 Å². The fourth-order valence-corrected chi connectivity index (χ4v) is 1.46. The molecule has 4 nitrogen and oxygen atoms in total. The van der Waals surface area contributed by atoms with Gasteiger partial charge in [-0.2, -0.15) is 0 Å². The normalized spacial score (nSPS) is 10.1. The van der Waals surface area contributed by atoms with Crippen LogP contribution >= 0.6 is 12.4 Å². The predicted octanol–water partition coefficient (Wildman–Crippen LogP) is 3.95. The maximum absolute atomic E-state index is 10.3. The summed E-state index contributed by atoms with van der Waals surface area (Å²) in [5, 5.41) is 11.9. The SMILES string of the molecule is CCCCCNC(C)(C)C.Cl.Nc1ccc(C(=O)O)cc1. The standard InChI is InChI=1S/C9H21N.C7H7NO2.ClH/c1-5-6-7-8-10-9(2,3)4;8-6-3-1-5(2-4-6)7(9)10;/h10H,5-8H2,1-4H3;1-4H,8H2,(H,9,10);1H. The summed E-state index contributed by atoms with van der Waals surface area (Å²) in [5.74, 6) is -0.931. The highest BCUT2D eigenvalue weighted by Gasteiger charge is 2.06. The molecule has 0 spiro atoms. The Balaban J connectivity index is 0. The summed E-state index contributed by atoms with van der Waals surface area (Å²) in [7, 11) is 0. The van der Waals surface area contributed by atoms with E-state index < -0.39 is 5.97 Å². The average molecular weight is 317 g/mol. The number of aromatic carboxylic acids is 1. The molecule has 0 saturated carbocycles. The van der Waals surface area contributed by atoms with Gasteiger partial charge in [0.05, 0.1) is 5.56 Å². The van der Waals surface area contributed by atoms with Crippen molar-refractivity contribution < 1.29 is 9.90 Å². The Bertz CT molecular complexity index is 386. The molecule has 0 aliphatic carbocycles. The van der Waals surface area contributed by atoms with Crippen LogP contribution in [0.4, 0.5) is 5.69 Å². The van der Waals surface area contributed by atoms with Crippen LogP contribution in [0.2, 0.25) is 0 Å². The summed E-state index contributed by atoms with van der Waals surface area (Å²) < 4.78 is 0. The molecule has 0 saturated heterocycles. The van der Waals surface area contributed by atoms with Crippen molar-refractivity contribution in [2.24, 2.45) is 0 Å². The predicted molar refractivity (Wildman–Crippen MR) is 92.3 cm³/mol. The third-order valence-corrected chi connectivity index (χ3v) is 2.59. The van der Waals surface area contributed by atoms with Crippen LogP contribution in [0.5, 0.6) is 0 Å². The van der Waals surface area contributed by atoms with Crippen LogP contribution < -0.4 is 11.1 Å². The number of rotatable bonds is 5. The van der Waals surface area contributed by atoms with Crippen LogP contribution in [-0.2, 0) is 0 Å². The molecule has 0 aliphatic rings. The van der Waals surface area contributed by atoms with Crippen molar-refractivity contribution in [1.29, 1.82) is 0 Å². The van der Waals surface area contributed by atoms with Gasteiger partial charge in [0.1, 0.15) is 0 Å². The molecule has 0 atom stereocenters. The smallest absolute Gasteiger partial charge is 0.335 e. The molecule has 21 heavy (non-hydrogen) atoms. The molecule has 122 valence electrons. The lowest BCUT2D eigenvalue weighted by atomic mass is 10.1. The van der Waals surface area contributed by atoms with E-state index in [1.54, 1.807) is 12.1 Å². The van der Waals surface area contributed by atoms with Gasteiger partial charge in [-0.1, -0.05) is 19.8 Å². The first-order valence-corrected chi connectivity index (χ1v) is 7.10. The van der Waals surface area contributed by atoms with Gasteiger partial charge in [-0.15, -0.1) is 12.4 Å². The van der Waals surface area contributed by atoms with Crippen molar-refractivity contribution in [3.8, 4) is 0 Å². The number of unbranched alkanes of at least 4 members (excludes halogenated alkanes) is 2. The number of nitrogen functional groups attached to an aromatic ring is 1. The molecule has 1 rings (SSSR count). The van der Waals surface area contributed by atoms with E-state index in [-0.39, 0.29) is 18.0 Å². The molecule has 0 fully saturated rings. The molecule has 0 unspecified atom stereocenters. The van der Waals surface area contributed by atoms with Crippen molar-refractivity contribution in [3.63, 3.8) is 0 Å². The summed E-state index contributed by atoms with van der Waals surface area (Å²) in [5.41, 5.74) is 6.47. The number of carboxylic acids is 1. The highest BCUT2D eigenvalue weighted by Crippen LogP contribution is 2.04. The van der Waals surface area contributed by atoms with E-state index in [4.69, 9.17) is 10.8 Å². The number of hydrogen-bond acceptors (Lipinski definition) is 3. The third-order valence-electron chi connectivity index (χ3n) is 2.59. The minimum absolute atomic E-state index is 0. The topological polar surface area (TPSA) is 75.3 Å². The van der Waals surface area contributed by atoms with Gasteiger partial charge in [0.25, 0.3) is 0 Å². The van der Waals surface area contributed by atoms with Gasteiger partial charge < -0.3 is 16.2 Å². The van der Waals surface area contributed by atoms with Crippen LogP contribution in [-0.4, -0.2) is 23.2 Å². The Hall–Kier alpha value is -1.26. The van der Waals surface area contributed by atoms with E-state index in [2.05, 4.69) is 33.0 Å². The molecular formula is C16H29ClN2O2. The first-order chi connectivity index (χ1) is 9.26. The monoisotopic (exact) mass is 316 g/mol. The number of carboxylic acid groups (broad SMARTS) is 1. The van der Waals surface area contributed by atoms with Crippen LogP contribution in [0.25, 0.3) is 0 Å². The maximum atomic E-state index is 10.3. The number of carbonyl (C=O) groups is 1. The minimum atomic E-state index is -0.931. The fourth-order valence-electron chi connectivity index (χ4n) is 1.46. The molecule has 0 aliphatic heterocycles. The second kappa shape index (κ2) is 11.4. The summed E-state index contributed by atoms with van der Waals surface area (Å²) >= 11 is 0. The Morgan fingerprint density at radius 3 is 2.10 bits per heavy atom. The molecule has 1 aromatic rings. The average Bonchev–Trinajstić information content (AvgIpc) is 2.35. The highest BCUT2D eigenvalue weighted by molar-refractivity contribution is 5.87. The molecule has 0 bridgehead atoms. The van der Waals surface area contributed by atoms with Crippen LogP contribution in [0.1, 0.15) is 57.3 Å². The highest BCUT2D eigenvalue weighted by atomic mass is 35.5. The van der Waals surface area contributed by atoms with E-state index in [0.29, 0.717) is 11.2 Å². The number of nitrogens with one attached hydrogen (secondary N) is 1. The Kier molecular flexibility index (Phi) is 12.0. The van der Waals surface area contributed by atoms with Crippen molar-refractivity contribution in [2.75, 3.05) is 12.3 Å². The fraction of sp³-hybridized carbons (Fsp3) is 0.562. The zero-order valence-corrected chi connectivity index (χ0v) is 14.3. The van der Waals surface area contributed by atoms with Crippen molar-refractivity contribution in [1.82, 2.24) is 5.32 Å². The molecule has 0 amide bonds. The lowest BCUT2D eigenvalue weighted by Gasteiger charge is -2.20. The van der Waals surface area contributed by atoms with Crippen LogP contribution in [0, 0.1) is 0 Å². The molecule has 4 N–H and O–H groups in total. The van der Waals surface area contributed by atoms with Crippen molar-refractivity contribution in [2.45, 2.75) is 52.5 Å². The molecule has 1 aromatic carbocycles. The Labute approximate surface area is 134 Å². The minimum Gasteiger partial charge on any atom is -0.478 e. The summed E-state index contributed by atoms with van der Waals surface area (Å²) in [6.45, 7) is 10.0. The number of hydrogen-bond donors (Lipinski definition) is 3. The molecule has 5 heteroatoms. The second-order valence-electron chi connectivity index (χ2n) is 5.81. The van der Waals surface area contributed by atoms with Crippen LogP contribution in [0.15, 0.2) is 24.3 Å². The maximum Gasteiger partial charge on any atom is 0.335 e. The quantitative estimate of drug-likeness (QED) is 0.568. The van der Waals surface area contributed by atoms with Gasteiger partial charge in [0.15, 0.2) is 0 Å². The first-order valence-electron chi connectivity index (χ1n) is 7.10. The zero-order valence-electron chi connectivity index (χ0n) is 13.5. The second-order valence-corrected chi connectivity index (χ2v) is 5.81. The van der Waals surface area contributed by atoms with Gasteiger partial charge >= 0.3 is 5.97 Å². The van der Waals surface area contributed by atoms with Crippen molar-refractivity contribution >= 4 is 24.1 Å². The van der Waals surface area contributed by atoms with Gasteiger partial charge in [-0.05, 0) is 58.0 Å². The lowest BCUT2D eigenvalue weighted by Crippen LogP contribution is -2.36. The largest absolute Gasteiger partial charge is 0.478 e. The molecular weight excluding hydrogens is 288 g/mol. The van der Waals surface area contributed by atoms with Gasteiger partial charge in [0.2, 0.25) is 0 Å². The van der Waals surface area contributed by atoms with E-state index in [1.165, 1.54) is 31.4 Å². The van der Waals surface area contributed by atoms with Crippen LogP contribution in [0.3, 0.4) is 0 Å². The molecule has 0 aromatic heterocycles. The summed E-state index contributed by atoms with van der Waals surface area (Å²) in [6.07, 6.45) is 3.97. The van der Waals surface area contributed by atoms with Crippen molar-refractivity contribution in [3.05, 3.63) is 29.8 Å². The third kappa shape index (κ3) is 13.5. The number of halogens is 1. The Morgan fingerprint density at radius 1 is 1.19 bits per heavy atom. The zero-order chi connectivity index (χ0) is 15.6.